The van der Waals surface area contributed by atoms with Crippen LogP contribution in [0.25, 0.3) is 33.4 Å². The van der Waals surface area contributed by atoms with Gasteiger partial charge in [0.15, 0.2) is 11.6 Å². The molecule has 0 bridgehead atoms. The number of furan rings is 1. The number of H-pyrrole nitrogens is 1. The van der Waals surface area contributed by atoms with Crippen LogP contribution in [-0.2, 0) is 5.75 Å². The van der Waals surface area contributed by atoms with Crippen LogP contribution in [0.1, 0.15) is 5.82 Å². The van der Waals surface area contributed by atoms with Crippen molar-refractivity contribution in [1.82, 2.24) is 19.9 Å². The molecule has 0 aliphatic carbocycles. The zero-order chi connectivity index (χ0) is 19.8. The number of aromatic nitrogens is 4. The molecule has 2 aromatic carbocycles. The van der Waals surface area contributed by atoms with Crippen LogP contribution < -0.4 is 5.56 Å². The van der Waals surface area contributed by atoms with E-state index in [9.17, 15) is 4.79 Å². The Morgan fingerprint density at radius 2 is 1.83 bits per heavy atom. The van der Waals surface area contributed by atoms with E-state index >= 15 is 0 Å². The summed E-state index contributed by atoms with van der Waals surface area (Å²) in [7, 11) is 0. The molecule has 0 saturated heterocycles. The number of nitrogens with zero attached hydrogens (tertiary/aromatic N) is 3. The van der Waals surface area contributed by atoms with E-state index in [0.717, 1.165) is 15.9 Å². The predicted molar refractivity (Wildman–Crippen MR) is 114 cm³/mol. The molecule has 142 valence electrons. The molecule has 0 saturated carbocycles. The second kappa shape index (κ2) is 7.35. The summed E-state index contributed by atoms with van der Waals surface area (Å²) >= 11 is 7.46. The van der Waals surface area contributed by atoms with Crippen molar-refractivity contribution in [3.05, 3.63) is 82.1 Å². The third-order valence-corrected chi connectivity index (χ3v) is 5.61. The molecule has 0 unspecified atom stereocenters. The van der Waals surface area contributed by atoms with Crippen LogP contribution in [0.2, 0.25) is 5.02 Å². The maximum absolute atomic E-state index is 12.4. The van der Waals surface area contributed by atoms with Crippen LogP contribution >= 0.6 is 23.4 Å². The summed E-state index contributed by atoms with van der Waals surface area (Å²) in [5.74, 6) is 2.14. The van der Waals surface area contributed by atoms with Crippen LogP contribution in [0.15, 0.2) is 75.1 Å². The first-order valence-electron chi connectivity index (χ1n) is 8.79. The lowest BCUT2D eigenvalue weighted by Gasteiger charge is -2.08. The minimum Gasteiger partial charge on any atom is -0.461 e. The smallest absolute Gasteiger partial charge is 0.258 e. The maximum Gasteiger partial charge on any atom is 0.258 e. The van der Waals surface area contributed by atoms with Crippen molar-refractivity contribution in [2.75, 3.05) is 0 Å². The van der Waals surface area contributed by atoms with Gasteiger partial charge in [0.05, 0.1) is 28.4 Å². The van der Waals surface area contributed by atoms with Gasteiger partial charge in [0.1, 0.15) is 10.9 Å². The molecule has 0 radical (unpaired) electrons. The summed E-state index contributed by atoms with van der Waals surface area (Å²) in [4.78, 5) is 29.0. The van der Waals surface area contributed by atoms with Crippen molar-refractivity contribution in [3.63, 3.8) is 0 Å². The van der Waals surface area contributed by atoms with E-state index in [1.54, 1.807) is 30.5 Å². The number of hydrogen-bond acceptors (Lipinski definition) is 6. The zero-order valence-corrected chi connectivity index (χ0v) is 16.5. The summed E-state index contributed by atoms with van der Waals surface area (Å²) in [5.41, 5.74) is 1.22. The average Bonchev–Trinajstić information content (AvgIpc) is 3.27. The van der Waals surface area contributed by atoms with Crippen LogP contribution in [0.5, 0.6) is 0 Å². The molecule has 5 aromatic rings. The monoisotopic (exact) mass is 420 g/mol. The molecule has 6 nitrogen and oxygen atoms in total. The number of nitrogens with one attached hydrogen (secondary N) is 1. The molecule has 0 aliphatic rings. The fourth-order valence-electron chi connectivity index (χ4n) is 3.04. The Bertz CT molecular complexity index is 1400. The molecule has 0 amide bonds. The number of thioether (sulfide) groups is 1. The SMILES string of the molecule is O=c1[nH]c(CSc2nc(-c3ccco3)nc3ccccc23)nc2ccc(Cl)cc12. The highest BCUT2D eigenvalue weighted by Crippen LogP contribution is 2.30. The highest BCUT2D eigenvalue weighted by Gasteiger charge is 2.13. The first kappa shape index (κ1) is 17.9. The molecule has 0 aliphatic heterocycles. The molecule has 0 spiro atoms. The largest absolute Gasteiger partial charge is 0.461 e. The number of para-hydroxylation sites is 1. The van der Waals surface area contributed by atoms with E-state index in [2.05, 4.69) is 19.9 Å². The minimum atomic E-state index is -0.211. The minimum absolute atomic E-state index is 0.211. The average molecular weight is 421 g/mol. The van der Waals surface area contributed by atoms with Crippen molar-refractivity contribution < 1.29 is 4.42 Å². The van der Waals surface area contributed by atoms with Gasteiger partial charge in [-0.1, -0.05) is 41.6 Å². The lowest BCUT2D eigenvalue weighted by molar-refractivity contribution is 0.577. The highest BCUT2D eigenvalue weighted by molar-refractivity contribution is 7.98. The number of rotatable bonds is 4. The Balaban J connectivity index is 1.53. The van der Waals surface area contributed by atoms with Crippen molar-refractivity contribution >= 4 is 45.2 Å². The Morgan fingerprint density at radius 1 is 0.966 bits per heavy atom. The highest BCUT2D eigenvalue weighted by atomic mass is 35.5. The zero-order valence-electron chi connectivity index (χ0n) is 14.9. The third-order valence-electron chi connectivity index (χ3n) is 4.37. The fourth-order valence-corrected chi connectivity index (χ4v) is 4.10. The van der Waals surface area contributed by atoms with Crippen LogP contribution in [0.4, 0.5) is 0 Å². The molecule has 5 rings (SSSR count). The quantitative estimate of drug-likeness (QED) is 0.322. The third kappa shape index (κ3) is 3.50. The first-order valence-corrected chi connectivity index (χ1v) is 10.2. The number of fused-ring (bicyclic) bond motifs is 2. The summed E-state index contributed by atoms with van der Waals surface area (Å²) in [6.45, 7) is 0. The Labute approximate surface area is 174 Å². The Kier molecular flexibility index (Phi) is 4.54. The van der Waals surface area contributed by atoms with Gasteiger partial charge in [-0.05, 0) is 36.4 Å². The molecule has 3 aromatic heterocycles. The van der Waals surface area contributed by atoms with Gasteiger partial charge in [0.2, 0.25) is 0 Å². The van der Waals surface area contributed by atoms with Gasteiger partial charge in [-0.3, -0.25) is 4.79 Å². The van der Waals surface area contributed by atoms with E-state index < -0.39 is 0 Å². The van der Waals surface area contributed by atoms with Crippen LogP contribution in [-0.4, -0.2) is 19.9 Å². The molecule has 8 heteroatoms. The number of benzene rings is 2. The molecule has 3 heterocycles. The predicted octanol–water partition coefficient (Wildman–Crippen LogP) is 5.07. The number of hydrogen-bond donors (Lipinski definition) is 1. The van der Waals surface area contributed by atoms with Crippen LogP contribution in [0.3, 0.4) is 0 Å². The Hall–Kier alpha value is -3.16. The van der Waals surface area contributed by atoms with Gasteiger partial charge in [0, 0.05) is 10.4 Å². The standard InChI is InChI=1S/C21H13ClN4O2S/c22-12-7-8-16-14(10-12)20(27)25-18(23-16)11-29-21-13-4-1-2-5-15(13)24-19(26-21)17-6-3-9-28-17/h1-10H,11H2,(H,23,25,27). The second-order valence-electron chi connectivity index (χ2n) is 6.31. The van der Waals surface area contributed by atoms with Gasteiger partial charge in [-0.2, -0.15) is 0 Å². The van der Waals surface area contributed by atoms with Crippen molar-refractivity contribution in [3.8, 4) is 11.6 Å². The van der Waals surface area contributed by atoms with E-state index in [1.165, 1.54) is 11.8 Å². The van der Waals surface area contributed by atoms with E-state index in [4.69, 9.17) is 16.0 Å². The molecule has 0 fully saturated rings. The van der Waals surface area contributed by atoms with Crippen molar-refractivity contribution in [2.24, 2.45) is 0 Å². The van der Waals surface area contributed by atoms with E-state index in [1.807, 2.05) is 30.3 Å². The van der Waals surface area contributed by atoms with Gasteiger partial charge in [0.25, 0.3) is 5.56 Å². The van der Waals surface area contributed by atoms with Gasteiger partial charge < -0.3 is 9.40 Å². The fraction of sp³-hybridized carbons (Fsp3) is 0.0476. The maximum atomic E-state index is 12.4. The summed E-state index contributed by atoms with van der Waals surface area (Å²) in [6, 6.07) is 16.5. The van der Waals surface area contributed by atoms with E-state index in [0.29, 0.717) is 39.1 Å². The Morgan fingerprint density at radius 3 is 2.69 bits per heavy atom. The van der Waals surface area contributed by atoms with Gasteiger partial charge in [-0.15, -0.1) is 0 Å². The first-order chi connectivity index (χ1) is 14.2. The topological polar surface area (TPSA) is 84.7 Å². The molecule has 1 N–H and O–H groups in total. The summed E-state index contributed by atoms with van der Waals surface area (Å²) < 4.78 is 5.45. The lowest BCUT2D eigenvalue weighted by atomic mass is 10.2. The number of aromatic amines is 1. The molecule has 29 heavy (non-hydrogen) atoms. The van der Waals surface area contributed by atoms with Crippen molar-refractivity contribution in [2.45, 2.75) is 10.8 Å². The van der Waals surface area contributed by atoms with Gasteiger partial charge >= 0.3 is 0 Å². The van der Waals surface area contributed by atoms with Crippen LogP contribution in [0, 0.1) is 0 Å². The molecular weight excluding hydrogens is 408 g/mol. The van der Waals surface area contributed by atoms with Crippen molar-refractivity contribution in [1.29, 1.82) is 0 Å². The lowest BCUT2D eigenvalue weighted by Crippen LogP contribution is -2.11. The normalized spacial score (nSPS) is 11.3. The van der Waals surface area contributed by atoms with Gasteiger partial charge in [-0.25, -0.2) is 15.0 Å². The number of halogens is 1. The summed E-state index contributed by atoms with van der Waals surface area (Å²) in [6.07, 6.45) is 1.59. The molecular formula is C21H13ClN4O2S. The summed E-state index contributed by atoms with van der Waals surface area (Å²) in [5, 5.41) is 2.70. The van der Waals surface area contributed by atoms with E-state index in [-0.39, 0.29) is 5.56 Å². The second-order valence-corrected chi connectivity index (χ2v) is 7.71. The molecule has 0 atom stereocenters.